The van der Waals surface area contributed by atoms with E-state index in [0.29, 0.717) is 0 Å². The predicted octanol–water partition coefficient (Wildman–Crippen LogP) is -0.217. The molecule has 0 unspecified atom stereocenters. The second-order valence-corrected chi connectivity index (χ2v) is 3.85. The van der Waals surface area contributed by atoms with Crippen LogP contribution in [0.3, 0.4) is 0 Å². The van der Waals surface area contributed by atoms with Gasteiger partial charge in [-0.3, -0.25) is 0 Å². The third kappa shape index (κ3) is 7.93. The molecule has 90 valence electrons. The normalized spacial score (nSPS) is 14.8. The molecule has 0 fully saturated rings. The number of allylic oxidation sites excluding steroid dienone is 2. The standard InChI is InChI=1S/C12H23N2.BrH.Mg/c1-3-14(4-2)11-10-13-12-8-6-5-7-9-12;;/h8H,3-7,9-11H2,1-2H3;1H;/q-1;;+2/p-1. The molecule has 0 N–H and O–H groups in total. The zero-order valence-electron chi connectivity index (χ0n) is 10.7. The molecule has 1 aliphatic carbocycles. The molecule has 0 aromatic carbocycles. The first kappa shape index (κ1) is 19.1. The van der Waals surface area contributed by atoms with E-state index in [2.05, 4.69) is 30.1 Å². The van der Waals surface area contributed by atoms with Gasteiger partial charge in [-0.1, -0.05) is 20.3 Å². The van der Waals surface area contributed by atoms with Gasteiger partial charge in [0.25, 0.3) is 0 Å². The Morgan fingerprint density at radius 3 is 2.44 bits per heavy atom. The summed E-state index contributed by atoms with van der Waals surface area (Å²) >= 11 is 0. The predicted molar refractivity (Wildman–Crippen MR) is 68.3 cm³/mol. The Morgan fingerprint density at radius 1 is 1.25 bits per heavy atom. The summed E-state index contributed by atoms with van der Waals surface area (Å²) in [6.07, 6.45) is 7.45. The Kier molecular flexibility index (Phi) is 14.6. The SMILES string of the molecule is CCN(CC)CC[N-]C1=CCCCC1.[Br-].[Mg+2]. The van der Waals surface area contributed by atoms with Gasteiger partial charge >= 0.3 is 23.1 Å². The molecule has 0 spiro atoms. The van der Waals surface area contributed by atoms with Crippen molar-refractivity contribution >= 4 is 23.1 Å². The first-order valence-electron chi connectivity index (χ1n) is 5.95. The Balaban J connectivity index is 0. The van der Waals surface area contributed by atoms with Gasteiger partial charge in [-0.05, 0) is 38.9 Å². The summed E-state index contributed by atoms with van der Waals surface area (Å²) in [6.45, 7) is 8.81. The van der Waals surface area contributed by atoms with E-state index in [4.69, 9.17) is 0 Å². The first-order valence-corrected chi connectivity index (χ1v) is 5.95. The van der Waals surface area contributed by atoms with Crippen molar-refractivity contribution in [2.24, 2.45) is 0 Å². The molecule has 0 aromatic heterocycles. The minimum atomic E-state index is 0. The minimum absolute atomic E-state index is 0. The molecular formula is C12H23BrMgN2. The van der Waals surface area contributed by atoms with Gasteiger partial charge in [0.15, 0.2) is 0 Å². The Morgan fingerprint density at radius 2 is 1.94 bits per heavy atom. The summed E-state index contributed by atoms with van der Waals surface area (Å²) in [5.41, 5.74) is 1.35. The van der Waals surface area contributed by atoms with Crippen LogP contribution < -0.4 is 17.0 Å². The molecule has 0 bridgehead atoms. The van der Waals surface area contributed by atoms with Crippen LogP contribution in [0, 0.1) is 0 Å². The maximum absolute atomic E-state index is 4.64. The number of halogens is 1. The fourth-order valence-corrected chi connectivity index (χ4v) is 1.84. The molecular weight excluding hydrogens is 276 g/mol. The van der Waals surface area contributed by atoms with Gasteiger partial charge in [0.1, 0.15) is 0 Å². The van der Waals surface area contributed by atoms with Gasteiger partial charge in [-0.25, -0.2) is 0 Å². The van der Waals surface area contributed by atoms with Gasteiger partial charge in [0.05, 0.1) is 0 Å². The van der Waals surface area contributed by atoms with Gasteiger partial charge < -0.3 is 27.2 Å². The van der Waals surface area contributed by atoms with Crippen LogP contribution in [0.15, 0.2) is 11.8 Å². The average Bonchev–Trinajstić information content (AvgIpc) is 2.26. The summed E-state index contributed by atoms with van der Waals surface area (Å²) in [5, 5.41) is 4.64. The van der Waals surface area contributed by atoms with Crippen molar-refractivity contribution in [1.82, 2.24) is 4.90 Å². The van der Waals surface area contributed by atoms with Gasteiger partial charge in [-0.2, -0.15) is 5.70 Å². The maximum Gasteiger partial charge on any atom is 2.00 e. The van der Waals surface area contributed by atoms with Crippen molar-refractivity contribution in [1.29, 1.82) is 0 Å². The van der Waals surface area contributed by atoms with Crippen LogP contribution in [-0.2, 0) is 0 Å². The molecule has 0 radical (unpaired) electrons. The molecule has 0 saturated heterocycles. The number of rotatable bonds is 6. The Hall–Kier alpha value is 0.746. The number of nitrogens with zero attached hydrogens (tertiary/aromatic N) is 2. The van der Waals surface area contributed by atoms with E-state index in [0.717, 1.165) is 26.2 Å². The molecule has 4 heteroatoms. The van der Waals surface area contributed by atoms with E-state index >= 15 is 0 Å². The van der Waals surface area contributed by atoms with E-state index in [1.165, 1.54) is 31.4 Å². The average molecular weight is 300 g/mol. The van der Waals surface area contributed by atoms with Crippen LogP contribution in [0.2, 0.25) is 0 Å². The van der Waals surface area contributed by atoms with Crippen molar-refractivity contribution in [3.05, 3.63) is 17.1 Å². The molecule has 1 rings (SSSR count). The fraction of sp³-hybridized carbons (Fsp3) is 0.833. The summed E-state index contributed by atoms with van der Waals surface area (Å²) in [4.78, 5) is 2.42. The summed E-state index contributed by atoms with van der Waals surface area (Å²) in [6, 6.07) is 0. The first-order chi connectivity index (χ1) is 6.86. The van der Waals surface area contributed by atoms with Crippen LogP contribution in [0.4, 0.5) is 0 Å². The second-order valence-electron chi connectivity index (χ2n) is 3.85. The van der Waals surface area contributed by atoms with Crippen molar-refractivity contribution in [3.63, 3.8) is 0 Å². The van der Waals surface area contributed by atoms with E-state index in [1.54, 1.807) is 0 Å². The Labute approximate surface area is 127 Å². The van der Waals surface area contributed by atoms with Crippen molar-refractivity contribution in [3.8, 4) is 0 Å². The van der Waals surface area contributed by atoms with Crippen LogP contribution >= 0.6 is 0 Å². The second kappa shape index (κ2) is 12.2. The van der Waals surface area contributed by atoms with Crippen LogP contribution in [-0.4, -0.2) is 54.1 Å². The topological polar surface area (TPSA) is 17.3 Å². The zero-order chi connectivity index (χ0) is 10.2. The maximum atomic E-state index is 4.64. The minimum Gasteiger partial charge on any atom is -1.00 e. The molecule has 0 heterocycles. The van der Waals surface area contributed by atoms with Gasteiger partial charge in [0.2, 0.25) is 0 Å². The third-order valence-corrected chi connectivity index (χ3v) is 2.89. The van der Waals surface area contributed by atoms with Crippen LogP contribution in [0.5, 0.6) is 0 Å². The molecule has 0 atom stereocenters. The molecule has 0 amide bonds. The zero-order valence-corrected chi connectivity index (χ0v) is 13.7. The van der Waals surface area contributed by atoms with Crippen LogP contribution in [0.25, 0.3) is 5.32 Å². The quantitative estimate of drug-likeness (QED) is 0.620. The summed E-state index contributed by atoms with van der Waals surface area (Å²) in [7, 11) is 0. The molecule has 2 nitrogen and oxygen atoms in total. The third-order valence-electron chi connectivity index (χ3n) is 2.89. The van der Waals surface area contributed by atoms with Crippen molar-refractivity contribution in [2.45, 2.75) is 39.5 Å². The van der Waals surface area contributed by atoms with Gasteiger partial charge in [0, 0.05) is 0 Å². The molecule has 1 aliphatic rings. The van der Waals surface area contributed by atoms with Crippen LogP contribution in [0.1, 0.15) is 39.5 Å². The number of hydrogen-bond acceptors (Lipinski definition) is 1. The molecule has 0 aliphatic heterocycles. The molecule has 16 heavy (non-hydrogen) atoms. The smallest absolute Gasteiger partial charge is 1.00 e. The largest absolute Gasteiger partial charge is 2.00 e. The molecule has 0 saturated carbocycles. The summed E-state index contributed by atoms with van der Waals surface area (Å²) < 4.78 is 0. The van der Waals surface area contributed by atoms with E-state index < -0.39 is 0 Å². The Bertz CT molecular complexity index is 182. The van der Waals surface area contributed by atoms with E-state index in [-0.39, 0.29) is 40.0 Å². The van der Waals surface area contributed by atoms with Crippen molar-refractivity contribution in [2.75, 3.05) is 26.2 Å². The van der Waals surface area contributed by atoms with Gasteiger partial charge in [-0.15, -0.1) is 12.6 Å². The van der Waals surface area contributed by atoms with E-state index in [9.17, 15) is 0 Å². The number of hydrogen-bond donors (Lipinski definition) is 0. The van der Waals surface area contributed by atoms with Crippen molar-refractivity contribution < 1.29 is 17.0 Å². The molecule has 0 aromatic rings. The summed E-state index contributed by atoms with van der Waals surface area (Å²) in [5.74, 6) is 0. The monoisotopic (exact) mass is 298 g/mol. The van der Waals surface area contributed by atoms with E-state index in [1.807, 2.05) is 0 Å². The fourth-order valence-electron chi connectivity index (χ4n) is 1.84. The number of likely N-dealkylation sites (N-methyl/N-ethyl adjacent to an activating group) is 1.